The number of amides is 1. The van der Waals surface area contributed by atoms with Gasteiger partial charge < -0.3 is 15.5 Å². The molecule has 0 unspecified atom stereocenters. The van der Waals surface area contributed by atoms with Crippen LogP contribution in [-0.4, -0.2) is 60.0 Å². The van der Waals surface area contributed by atoms with Crippen molar-refractivity contribution in [1.82, 2.24) is 20.2 Å². The minimum atomic E-state index is -0.124. The second-order valence-electron chi connectivity index (χ2n) is 8.57. The summed E-state index contributed by atoms with van der Waals surface area (Å²) >= 11 is 12.6. The van der Waals surface area contributed by atoms with Gasteiger partial charge in [-0.1, -0.05) is 53.5 Å². The van der Waals surface area contributed by atoms with Crippen molar-refractivity contribution in [2.45, 2.75) is 0 Å². The van der Waals surface area contributed by atoms with Gasteiger partial charge in [0.15, 0.2) is 0 Å². The molecule has 2 heterocycles. The van der Waals surface area contributed by atoms with Crippen LogP contribution >= 0.6 is 23.2 Å². The highest BCUT2D eigenvalue weighted by molar-refractivity contribution is 6.43. The van der Waals surface area contributed by atoms with Gasteiger partial charge in [-0.05, 0) is 36.4 Å². The molecule has 1 aliphatic rings. The zero-order valence-electron chi connectivity index (χ0n) is 19.6. The van der Waals surface area contributed by atoms with Gasteiger partial charge in [-0.2, -0.15) is 0 Å². The largest absolute Gasteiger partial charge is 0.368 e. The first kappa shape index (κ1) is 24.3. The van der Waals surface area contributed by atoms with Crippen molar-refractivity contribution < 1.29 is 4.79 Å². The summed E-state index contributed by atoms with van der Waals surface area (Å²) in [5, 5.41) is 8.45. The SMILES string of the molecule is O=C(NCCN1CCN(c2cccc(Cl)c2Cl)CC1)c1ccccc1Nc1ncnc2ccccc12. The zero-order valence-corrected chi connectivity index (χ0v) is 21.1. The van der Waals surface area contributed by atoms with Gasteiger partial charge in [0.1, 0.15) is 12.1 Å². The molecule has 0 spiro atoms. The maximum Gasteiger partial charge on any atom is 0.253 e. The summed E-state index contributed by atoms with van der Waals surface area (Å²) in [7, 11) is 0. The number of anilines is 3. The number of piperazine rings is 1. The minimum absolute atomic E-state index is 0.124. The average Bonchev–Trinajstić information content (AvgIpc) is 2.91. The molecule has 1 aromatic heterocycles. The van der Waals surface area contributed by atoms with E-state index < -0.39 is 0 Å². The maximum atomic E-state index is 13.0. The van der Waals surface area contributed by atoms with E-state index in [9.17, 15) is 4.79 Å². The predicted molar refractivity (Wildman–Crippen MR) is 147 cm³/mol. The van der Waals surface area contributed by atoms with Gasteiger partial charge in [0, 0.05) is 44.7 Å². The zero-order chi connectivity index (χ0) is 24.9. The Morgan fingerprint density at radius 2 is 1.67 bits per heavy atom. The van der Waals surface area contributed by atoms with Crippen molar-refractivity contribution in [1.29, 1.82) is 0 Å². The third-order valence-electron chi connectivity index (χ3n) is 6.33. The number of benzene rings is 3. The van der Waals surface area contributed by atoms with Crippen molar-refractivity contribution in [3.05, 3.63) is 88.7 Å². The Morgan fingerprint density at radius 1 is 0.889 bits per heavy atom. The number of fused-ring (bicyclic) bond motifs is 1. The fourth-order valence-corrected chi connectivity index (χ4v) is 4.81. The third-order valence-corrected chi connectivity index (χ3v) is 7.13. The van der Waals surface area contributed by atoms with Crippen LogP contribution in [0.1, 0.15) is 10.4 Å². The van der Waals surface area contributed by atoms with Gasteiger partial charge >= 0.3 is 0 Å². The Balaban J connectivity index is 1.17. The molecule has 2 N–H and O–H groups in total. The first-order chi connectivity index (χ1) is 17.6. The lowest BCUT2D eigenvalue weighted by Gasteiger charge is -2.36. The van der Waals surface area contributed by atoms with Crippen molar-refractivity contribution in [3.63, 3.8) is 0 Å². The molecule has 3 aromatic carbocycles. The second kappa shape index (κ2) is 11.1. The fraction of sp³-hybridized carbons (Fsp3) is 0.222. The average molecular weight is 521 g/mol. The van der Waals surface area contributed by atoms with Crippen molar-refractivity contribution in [2.75, 3.05) is 49.5 Å². The lowest BCUT2D eigenvalue weighted by atomic mass is 10.1. The van der Waals surface area contributed by atoms with Crippen LogP contribution in [0.15, 0.2) is 73.1 Å². The number of halogens is 2. The van der Waals surface area contributed by atoms with Gasteiger partial charge in [0.25, 0.3) is 5.91 Å². The molecule has 1 amide bonds. The van der Waals surface area contributed by atoms with E-state index in [4.69, 9.17) is 23.2 Å². The molecule has 0 radical (unpaired) electrons. The van der Waals surface area contributed by atoms with E-state index in [0.29, 0.717) is 33.7 Å². The molecule has 0 saturated carbocycles. The molecular formula is C27H26Cl2N6O. The molecule has 9 heteroatoms. The highest BCUT2D eigenvalue weighted by atomic mass is 35.5. The number of hydrogen-bond acceptors (Lipinski definition) is 6. The smallest absolute Gasteiger partial charge is 0.253 e. The highest BCUT2D eigenvalue weighted by Gasteiger charge is 2.20. The Morgan fingerprint density at radius 3 is 2.53 bits per heavy atom. The highest BCUT2D eigenvalue weighted by Crippen LogP contribution is 2.33. The number of para-hydroxylation sites is 2. The first-order valence-corrected chi connectivity index (χ1v) is 12.6. The van der Waals surface area contributed by atoms with Gasteiger partial charge in [-0.25, -0.2) is 9.97 Å². The van der Waals surface area contributed by atoms with E-state index in [1.54, 1.807) is 6.07 Å². The minimum Gasteiger partial charge on any atom is -0.368 e. The third kappa shape index (κ3) is 5.38. The van der Waals surface area contributed by atoms with Crippen molar-refractivity contribution >= 4 is 57.2 Å². The molecule has 4 aromatic rings. The number of hydrogen-bond donors (Lipinski definition) is 2. The summed E-state index contributed by atoms with van der Waals surface area (Å²) in [5.41, 5.74) is 3.08. The molecule has 184 valence electrons. The molecule has 1 aliphatic heterocycles. The predicted octanol–water partition coefficient (Wildman–Crippen LogP) is 5.23. The standard InChI is InChI=1S/C27H26Cl2N6O/c28-21-8-5-11-24(25(21)29)35-16-14-34(15-17-35)13-12-30-27(36)20-7-2-4-10-23(20)33-26-19-6-1-3-9-22(19)31-18-32-26/h1-11,18H,12-17H2,(H,30,36)(H,31,32,33). The fourth-order valence-electron chi connectivity index (χ4n) is 4.39. The summed E-state index contributed by atoms with van der Waals surface area (Å²) in [6.07, 6.45) is 1.52. The first-order valence-electron chi connectivity index (χ1n) is 11.9. The van der Waals surface area contributed by atoms with E-state index in [-0.39, 0.29) is 5.91 Å². The van der Waals surface area contributed by atoms with Gasteiger partial charge in [0.2, 0.25) is 0 Å². The Labute approximate surface area is 220 Å². The molecule has 1 saturated heterocycles. The summed E-state index contributed by atoms with van der Waals surface area (Å²) in [6, 6.07) is 20.9. The van der Waals surface area contributed by atoms with Crippen molar-refractivity contribution in [3.8, 4) is 0 Å². The number of carbonyl (C=O) groups excluding carboxylic acids is 1. The van der Waals surface area contributed by atoms with Crippen LogP contribution in [0.25, 0.3) is 10.9 Å². The van der Waals surface area contributed by atoms with Crippen LogP contribution in [0, 0.1) is 0 Å². The van der Waals surface area contributed by atoms with Gasteiger partial charge in [0.05, 0.1) is 32.5 Å². The van der Waals surface area contributed by atoms with Crippen molar-refractivity contribution in [2.24, 2.45) is 0 Å². The van der Waals surface area contributed by atoms with Crippen LogP contribution < -0.4 is 15.5 Å². The van der Waals surface area contributed by atoms with Crippen LogP contribution in [0.2, 0.25) is 10.0 Å². The lowest BCUT2D eigenvalue weighted by molar-refractivity contribution is 0.0948. The number of aromatic nitrogens is 2. The van der Waals surface area contributed by atoms with E-state index >= 15 is 0 Å². The summed E-state index contributed by atoms with van der Waals surface area (Å²) in [4.78, 5) is 26.3. The van der Waals surface area contributed by atoms with E-state index in [0.717, 1.165) is 49.3 Å². The van der Waals surface area contributed by atoms with E-state index in [1.807, 2.05) is 60.7 Å². The molecule has 7 nitrogen and oxygen atoms in total. The molecule has 0 bridgehead atoms. The monoisotopic (exact) mass is 520 g/mol. The number of nitrogens with one attached hydrogen (secondary N) is 2. The van der Waals surface area contributed by atoms with Gasteiger partial charge in [-0.3, -0.25) is 9.69 Å². The Hall–Kier alpha value is -3.39. The Kier molecular flexibility index (Phi) is 7.51. The summed E-state index contributed by atoms with van der Waals surface area (Å²) in [5.74, 6) is 0.541. The second-order valence-corrected chi connectivity index (χ2v) is 9.35. The quantitative estimate of drug-likeness (QED) is 0.347. The molecule has 0 atom stereocenters. The molecule has 1 fully saturated rings. The van der Waals surface area contributed by atoms with E-state index in [1.165, 1.54) is 6.33 Å². The maximum absolute atomic E-state index is 13.0. The lowest BCUT2D eigenvalue weighted by Crippen LogP contribution is -2.48. The van der Waals surface area contributed by atoms with Crippen LogP contribution in [0.3, 0.4) is 0 Å². The normalized spacial score (nSPS) is 14.1. The molecule has 36 heavy (non-hydrogen) atoms. The summed E-state index contributed by atoms with van der Waals surface area (Å²) in [6.45, 7) is 4.81. The molecule has 5 rings (SSSR count). The van der Waals surface area contributed by atoms with Crippen LogP contribution in [-0.2, 0) is 0 Å². The Bertz CT molecular complexity index is 1370. The van der Waals surface area contributed by atoms with E-state index in [2.05, 4.69) is 30.4 Å². The number of carbonyl (C=O) groups is 1. The van der Waals surface area contributed by atoms with Gasteiger partial charge in [-0.15, -0.1) is 0 Å². The van der Waals surface area contributed by atoms with Crippen LogP contribution in [0.4, 0.5) is 17.2 Å². The summed E-state index contributed by atoms with van der Waals surface area (Å²) < 4.78 is 0. The number of nitrogens with zero attached hydrogens (tertiary/aromatic N) is 4. The molecule has 0 aliphatic carbocycles. The number of rotatable bonds is 7. The molecular weight excluding hydrogens is 495 g/mol. The topological polar surface area (TPSA) is 73.4 Å². The van der Waals surface area contributed by atoms with Crippen LogP contribution in [0.5, 0.6) is 0 Å².